The maximum absolute atomic E-state index is 9.25. The lowest BCUT2D eigenvalue weighted by atomic mass is 9.82. The van der Waals surface area contributed by atoms with Gasteiger partial charge in [-0.1, -0.05) is 172 Å². The summed E-state index contributed by atoms with van der Waals surface area (Å²) >= 11 is 0. The third-order valence-corrected chi connectivity index (χ3v) is 14.5. The molecular weight excluding hydrogens is 943 g/mol. The van der Waals surface area contributed by atoms with Gasteiger partial charge in [-0.05, 0) is 109 Å². The number of benzene rings is 8. The minimum atomic E-state index is -0.675. The van der Waals surface area contributed by atoms with Gasteiger partial charge in [0.05, 0.1) is 42.7 Å². The molecule has 77 heavy (non-hydrogen) atoms. The molecule has 12 rings (SSSR count). The average molecular weight is 1010 g/mol. The Morgan fingerprint density at radius 1 is 0.494 bits per heavy atom. The zero-order valence-electron chi connectivity index (χ0n) is 53.9. The zero-order chi connectivity index (χ0) is 61.6. The number of rotatable bonds is 12. The van der Waals surface area contributed by atoms with E-state index in [4.69, 9.17) is 32.9 Å². The third-order valence-electron chi connectivity index (χ3n) is 14.5. The van der Waals surface area contributed by atoms with Crippen molar-refractivity contribution in [1.82, 2.24) is 24.5 Å². The van der Waals surface area contributed by atoms with Crippen molar-refractivity contribution < 1.29 is 18.4 Å². The fraction of sp³-hybridized carbons (Fsp3) is 0.159. The van der Waals surface area contributed by atoms with Crippen LogP contribution in [-0.4, -0.2) is 31.2 Å². The molecule has 0 atom stereocenters. The highest BCUT2D eigenvalue weighted by Crippen LogP contribution is 2.46. The monoisotopic (exact) mass is 1010 g/mol. The fourth-order valence-corrected chi connectivity index (χ4v) is 10.1. The van der Waals surface area contributed by atoms with Crippen LogP contribution in [0.15, 0.2) is 231 Å². The highest BCUT2D eigenvalue weighted by Gasteiger charge is 2.34. The second-order valence-corrected chi connectivity index (χ2v) is 21.3. The molecule has 1 aliphatic rings. The molecule has 8 heteroatoms. The molecule has 0 fully saturated rings. The molecule has 0 saturated heterocycles. The van der Waals surface area contributed by atoms with E-state index in [1.54, 1.807) is 29.4 Å². The SMILES string of the molecule is [2H]c1c([2H])c([2H])c(-c2cc(C(C)(C)C)cc(-c3c([2H])c([2H])c([2H])c([2H])c3[2H])c2N2C=CN(c3cccc(Oc4cc5c(cc4-c4nc(C(C)(C)c6ccccc6)nc(C(C)(C)c6ccccc6)n4)c4ccccc4n5-c4ccccn4)c3)C2)c([2H])c1[2H]. The van der Waals surface area contributed by atoms with Crippen molar-refractivity contribution in [2.75, 3.05) is 16.5 Å². The number of anilines is 2. The number of fused-ring (bicyclic) bond motifs is 3. The Kier molecular flexibility index (Phi) is 9.74. The molecule has 378 valence electrons. The van der Waals surface area contributed by atoms with Gasteiger partial charge in [-0.2, -0.15) is 0 Å². The number of hydrogen-bond acceptors (Lipinski definition) is 7. The molecule has 0 radical (unpaired) electrons. The first-order chi connectivity index (χ1) is 41.4. The van der Waals surface area contributed by atoms with Gasteiger partial charge in [0.25, 0.3) is 0 Å². The molecule has 4 heterocycles. The number of nitrogens with zero attached hydrogens (tertiary/aromatic N) is 7. The highest BCUT2D eigenvalue weighted by molar-refractivity contribution is 6.11. The Morgan fingerprint density at radius 2 is 1.08 bits per heavy atom. The molecule has 0 bridgehead atoms. The minimum Gasteiger partial charge on any atom is -0.456 e. The van der Waals surface area contributed by atoms with Crippen LogP contribution >= 0.6 is 0 Å². The Morgan fingerprint density at radius 3 is 1.68 bits per heavy atom. The first-order valence-electron chi connectivity index (χ1n) is 30.7. The molecule has 1 aliphatic heterocycles. The summed E-state index contributed by atoms with van der Waals surface area (Å²) in [5.74, 6) is 3.17. The van der Waals surface area contributed by atoms with Gasteiger partial charge in [-0.15, -0.1) is 0 Å². The van der Waals surface area contributed by atoms with Crippen LogP contribution in [0.4, 0.5) is 11.4 Å². The largest absolute Gasteiger partial charge is 0.456 e. The molecule has 11 aromatic rings. The van der Waals surface area contributed by atoms with Crippen molar-refractivity contribution in [2.24, 2.45) is 0 Å². The van der Waals surface area contributed by atoms with E-state index < -0.39 is 76.7 Å². The van der Waals surface area contributed by atoms with Crippen LogP contribution in [0.3, 0.4) is 0 Å². The summed E-state index contributed by atoms with van der Waals surface area (Å²) in [6, 6.07) is 44.5. The number of hydrogen-bond donors (Lipinski definition) is 0. The van der Waals surface area contributed by atoms with Gasteiger partial charge in [0.1, 0.15) is 29.0 Å². The van der Waals surface area contributed by atoms with Crippen LogP contribution in [0.2, 0.25) is 0 Å². The van der Waals surface area contributed by atoms with Gasteiger partial charge in [-0.3, -0.25) is 4.57 Å². The van der Waals surface area contributed by atoms with E-state index in [0.717, 1.165) is 32.9 Å². The molecule has 0 unspecified atom stereocenters. The van der Waals surface area contributed by atoms with Crippen LogP contribution in [0, 0.1) is 0 Å². The normalized spacial score (nSPS) is 14.8. The molecule has 8 nitrogen and oxygen atoms in total. The lowest BCUT2D eigenvalue weighted by Crippen LogP contribution is -2.29. The molecule has 0 aliphatic carbocycles. The summed E-state index contributed by atoms with van der Waals surface area (Å²) in [6.45, 7) is 14.4. The molecule has 3 aromatic heterocycles. The third kappa shape index (κ3) is 9.20. The van der Waals surface area contributed by atoms with E-state index in [1.165, 1.54) is 0 Å². The highest BCUT2D eigenvalue weighted by atomic mass is 16.5. The van der Waals surface area contributed by atoms with Gasteiger partial charge in [0, 0.05) is 69.1 Å². The van der Waals surface area contributed by atoms with Gasteiger partial charge in [0.15, 0.2) is 5.82 Å². The van der Waals surface area contributed by atoms with Gasteiger partial charge in [0.2, 0.25) is 0 Å². The predicted octanol–water partition coefficient (Wildman–Crippen LogP) is 16.9. The summed E-state index contributed by atoms with van der Waals surface area (Å²) in [6.07, 6.45) is 5.36. The zero-order valence-corrected chi connectivity index (χ0v) is 43.9. The predicted molar refractivity (Wildman–Crippen MR) is 316 cm³/mol. The van der Waals surface area contributed by atoms with E-state index in [2.05, 4.69) is 74.7 Å². The standard InChI is InChI=1S/C69H61N7O/c1-67(2,3)51-41-55(47-25-12-8-13-26-47)63(56(42-51)48-27-14-9-15-28-48)75-40-39-74(46-75)52-33-24-34-53(43-52)77-61-45-60-57(54-35-20-21-36-59(54)76(60)62-37-22-23-38-70-62)44-58(61)64-71-65(68(4,5)49-29-16-10-17-30-49)73-66(72-64)69(6,7)50-31-18-11-19-32-50/h8-45H,46H2,1-7H3/i8D,9D,12D,13D,14D,15D,25D,26D,27D,28D. The Labute approximate surface area is 465 Å². The molecule has 0 saturated carbocycles. The van der Waals surface area contributed by atoms with Gasteiger partial charge < -0.3 is 14.5 Å². The lowest BCUT2D eigenvalue weighted by Gasteiger charge is -2.29. The van der Waals surface area contributed by atoms with E-state index in [1.807, 2.05) is 129 Å². The quantitative estimate of drug-likeness (QED) is 0.121. The number of ether oxygens (including phenoxy) is 1. The lowest BCUT2D eigenvalue weighted by molar-refractivity contribution is 0.484. The molecule has 0 amide bonds. The Hall–Kier alpha value is -9.14. The van der Waals surface area contributed by atoms with Gasteiger partial charge in [-0.25, -0.2) is 19.9 Å². The first kappa shape index (κ1) is 38.4. The maximum Gasteiger partial charge on any atom is 0.167 e. The number of para-hydroxylation sites is 1. The Bertz CT molecular complexity index is 4370. The number of aromatic nitrogens is 5. The van der Waals surface area contributed by atoms with Crippen LogP contribution in [0.25, 0.3) is 61.3 Å². The van der Waals surface area contributed by atoms with Crippen molar-refractivity contribution in [3.63, 3.8) is 0 Å². The smallest absolute Gasteiger partial charge is 0.167 e. The van der Waals surface area contributed by atoms with Crippen LogP contribution in [-0.2, 0) is 16.2 Å². The summed E-state index contributed by atoms with van der Waals surface area (Å²) in [7, 11) is 0. The van der Waals surface area contributed by atoms with E-state index in [-0.39, 0.29) is 34.6 Å². The average Bonchev–Trinajstić information content (AvgIpc) is 2.00. The number of pyridine rings is 1. The molecule has 0 N–H and O–H groups in total. The van der Waals surface area contributed by atoms with Crippen molar-refractivity contribution in [3.8, 4) is 51.0 Å². The van der Waals surface area contributed by atoms with Crippen LogP contribution in [0.1, 0.15) is 90.5 Å². The van der Waals surface area contributed by atoms with Crippen molar-refractivity contribution in [2.45, 2.75) is 64.7 Å². The summed E-state index contributed by atoms with van der Waals surface area (Å²) in [5, 5.41) is 1.91. The van der Waals surface area contributed by atoms with Crippen molar-refractivity contribution in [3.05, 3.63) is 259 Å². The Balaban J connectivity index is 1.03. The first-order valence-corrected chi connectivity index (χ1v) is 25.7. The van der Waals surface area contributed by atoms with Gasteiger partial charge >= 0.3 is 0 Å². The minimum absolute atomic E-state index is 0.0713. The van der Waals surface area contributed by atoms with Crippen LogP contribution < -0.4 is 14.5 Å². The molecule has 0 spiro atoms. The fourth-order valence-electron chi connectivity index (χ4n) is 10.1. The van der Waals surface area contributed by atoms with E-state index in [9.17, 15) is 5.48 Å². The second kappa shape index (κ2) is 19.5. The van der Waals surface area contributed by atoms with E-state index >= 15 is 0 Å². The van der Waals surface area contributed by atoms with Crippen LogP contribution in [0.5, 0.6) is 11.5 Å². The van der Waals surface area contributed by atoms with Crippen molar-refractivity contribution >= 4 is 33.2 Å². The maximum atomic E-state index is 9.25. The topological polar surface area (TPSA) is 72.2 Å². The molecular formula is C69H61N7O. The second-order valence-electron chi connectivity index (χ2n) is 21.3. The summed E-state index contributed by atoms with van der Waals surface area (Å²) < 4.78 is 98.4. The van der Waals surface area contributed by atoms with Crippen molar-refractivity contribution in [1.29, 1.82) is 0 Å². The van der Waals surface area contributed by atoms with E-state index in [0.29, 0.717) is 51.6 Å². The summed E-state index contributed by atoms with van der Waals surface area (Å²) in [4.78, 5) is 24.7. The summed E-state index contributed by atoms with van der Waals surface area (Å²) in [5.41, 5.74) is 4.29. The molecule has 8 aromatic carbocycles.